The van der Waals surface area contributed by atoms with Gasteiger partial charge in [-0.1, -0.05) is 13.0 Å². The monoisotopic (exact) mass is 353 g/mol. The van der Waals surface area contributed by atoms with Crippen LogP contribution in [0, 0.1) is 0 Å². The molecule has 7 heteroatoms. The van der Waals surface area contributed by atoms with Gasteiger partial charge in [0.1, 0.15) is 11.6 Å². The number of carbonyl (C=O) groups excluding carboxylic acids is 1. The predicted molar refractivity (Wildman–Crippen MR) is 93.6 cm³/mol. The molecule has 1 aromatic carbocycles. The number of rotatable bonds is 4. The lowest BCUT2D eigenvalue weighted by molar-refractivity contribution is -0.151. The number of furan rings is 1. The minimum atomic E-state index is -1.02. The molecule has 1 aliphatic rings. The molecule has 0 saturated carbocycles. The second-order valence-electron chi connectivity index (χ2n) is 6.53. The molecular weight excluding hydrogens is 334 g/mol. The van der Waals surface area contributed by atoms with Crippen LogP contribution in [0.25, 0.3) is 11.0 Å². The molecule has 1 amide bonds. The topological polar surface area (TPSA) is 99.4 Å². The van der Waals surface area contributed by atoms with Crippen LogP contribution in [0.4, 0.5) is 0 Å². The van der Waals surface area contributed by atoms with Crippen molar-refractivity contribution in [2.45, 2.75) is 38.8 Å². The molecule has 1 aliphatic heterocycles. The van der Waals surface area contributed by atoms with Crippen molar-refractivity contribution < 1.29 is 19.1 Å². The number of H-pyrrole nitrogens is 1. The number of nitrogens with one attached hydrogen (secondary N) is 1. The van der Waals surface area contributed by atoms with Gasteiger partial charge in [-0.05, 0) is 24.1 Å². The number of nitrogens with zero attached hydrogens (tertiary/aromatic N) is 2. The van der Waals surface area contributed by atoms with E-state index in [1.807, 2.05) is 18.2 Å². The molecule has 3 aromatic rings. The second kappa shape index (κ2) is 6.33. The predicted octanol–water partition coefficient (Wildman–Crippen LogP) is 2.30. The molecule has 2 N–H and O–H groups in total. The van der Waals surface area contributed by atoms with Crippen molar-refractivity contribution in [1.29, 1.82) is 0 Å². The summed E-state index contributed by atoms with van der Waals surface area (Å²) in [5.74, 6) is -1.25. The molecule has 26 heavy (non-hydrogen) atoms. The summed E-state index contributed by atoms with van der Waals surface area (Å²) in [7, 11) is 0. The van der Waals surface area contributed by atoms with Gasteiger partial charge in [0.2, 0.25) is 5.91 Å². The fourth-order valence-corrected chi connectivity index (χ4v) is 3.47. The molecule has 0 spiro atoms. The minimum Gasteiger partial charge on any atom is -0.480 e. The highest BCUT2D eigenvalue weighted by Gasteiger charge is 2.36. The Hall–Kier alpha value is -3.09. The van der Waals surface area contributed by atoms with E-state index < -0.39 is 12.0 Å². The molecule has 3 heterocycles. The lowest BCUT2D eigenvalue weighted by Gasteiger charge is -2.32. The molecule has 0 bridgehead atoms. The molecule has 2 aromatic heterocycles. The summed E-state index contributed by atoms with van der Waals surface area (Å²) in [6.45, 7) is 2.29. The molecule has 0 saturated heterocycles. The van der Waals surface area contributed by atoms with E-state index >= 15 is 0 Å². The van der Waals surface area contributed by atoms with Gasteiger partial charge in [0.25, 0.3) is 0 Å². The van der Waals surface area contributed by atoms with Gasteiger partial charge >= 0.3 is 5.97 Å². The molecule has 134 valence electrons. The van der Waals surface area contributed by atoms with Gasteiger partial charge in [0, 0.05) is 17.4 Å². The van der Waals surface area contributed by atoms with Crippen molar-refractivity contribution in [2.75, 3.05) is 0 Å². The number of hydrogen-bond acceptors (Lipinski definition) is 4. The number of hydrogen-bond donors (Lipinski definition) is 2. The van der Waals surface area contributed by atoms with Crippen LogP contribution in [-0.4, -0.2) is 37.9 Å². The van der Waals surface area contributed by atoms with Crippen LogP contribution < -0.4 is 0 Å². The number of amides is 1. The summed E-state index contributed by atoms with van der Waals surface area (Å²) >= 11 is 0. The molecule has 0 aliphatic carbocycles. The van der Waals surface area contributed by atoms with Crippen LogP contribution in [0.1, 0.15) is 29.4 Å². The summed E-state index contributed by atoms with van der Waals surface area (Å²) in [6.07, 6.45) is 4.33. The second-order valence-corrected chi connectivity index (χ2v) is 6.53. The summed E-state index contributed by atoms with van der Waals surface area (Å²) in [6, 6.07) is 5.03. The molecule has 0 fully saturated rings. The van der Waals surface area contributed by atoms with Gasteiger partial charge in [-0.15, -0.1) is 0 Å². The van der Waals surface area contributed by atoms with Gasteiger partial charge in [-0.2, -0.15) is 0 Å². The van der Waals surface area contributed by atoms with Gasteiger partial charge in [0.15, 0.2) is 0 Å². The van der Waals surface area contributed by atoms with E-state index in [0.717, 1.165) is 34.2 Å². The molecule has 4 rings (SSSR count). The lowest BCUT2D eigenvalue weighted by atomic mass is 10.0. The normalized spacial score (nSPS) is 16.7. The van der Waals surface area contributed by atoms with Crippen molar-refractivity contribution in [1.82, 2.24) is 14.9 Å². The van der Waals surface area contributed by atoms with Gasteiger partial charge < -0.3 is 19.4 Å². The average molecular weight is 353 g/mol. The van der Waals surface area contributed by atoms with E-state index in [-0.39, 0.29) is 25.3 Å². The highest BCUT2D eigenvalue weighted by molar-refractivity contribution is 5.90. The number of aromatic amines is 1. The number of aliphatic carboxylic acids is 1. The zero-order valence-corrected chi connectivity index (χ0v) is 14.4. The average Bonchev–Trinajstić information content (AvgIpc) is 3.26. The Morgan fingerprint density at radius 1 is 1.42 bits per heavy atom. The van der Waals surface area contributed by atoms with Crippen molar-refractivity contribution in [3.63, 3.8) is 0 Å². The lowest BCUT2D eigenvalue weighted by Crippen LogP contribution is -2.49. The molecule has 1 unspecified atom stereocenters. The van der Waals surface area contributed by atoms with E-state index in [9.17, 15) is 14.7 Å². The maximum atomic E-state index is 12.9. The summed E-state index contributed by atoms with van der Waals surface area (Å²) in [5, 5.41) is 10.4. The van der Waals surface area contributed by atoms with Crippen LogP contribution in [-0.2, 0) is 35.4 Å². The van der Waals surface area contributed by atoms with Crippen molar-refractivity contribution >= 4 is 22.8 Å². The third kappa shape index (κ3) is 2.75. The largest absolute Gasteiger partial charge is 0.480 e. The number of aryl methyl sites for hydroxylation is 1. The Balaban J connectivity index is 1.62. The van der Waals surface area contributed by atoms with Crippen molar-refractivity contribution in [3.05, 3.63) is 53.3 Å². The highest BCUT2D eigenvalue weighted by Crippen LogP contribution is 2.26. The number of carboxylic acid groups (broad SMARTS) is 1. The SMILES string of the molecule is CCc1ccc2occ(CC(=O)N3Cc4[nH]cnc4CC3C(=O)O)c2c1. The molecule has 0 radical (unpaired) electrons. The Bertz CT molecular complexity index is 988. The van der Waals surface area contributed by atoms with Crippen LogP contribution in [0.15, 0.2) is 35.2 Å². The first-order chi connectivity index (χ1) is 12.6. The van der Waals surface area contributed by atoms with E-state index in [0.29, 0.717) is 5.69 Å². The Morgan fingerprint density at radius 2 is 2.27 bits per heavy atom. The van der Waals surface area contributed by atoms with Gasteiger partial charge in [0.05, 0.1) is 36.9 Å². The maximum Gasteiger partial charge on any atom is 0.326 e. The Labute approximate surface area is 149 Å². The number of aromatic nitrogens is 2. The summed E-state index contributed by atoms with van der Waals surface area (Å²) in [5.41, 5.74) is 4.18. The number of carbonyl (C=O) groups is 2. The standard InChI is InChI=1S/C19H19N3O4/c1-2-11-3-4-17-13(5-11)12(9-26-17)6-18(23)22-8-15-14(20-10-21-15)7-16(22)19(24)25/h3-5,9-10,16H,2,6-8H2,1H3,(H,20,21)(H,24,25). The summed E-state index contributed by atoms with van der Waals surface area (Å²) in [4.78, 5) is 33.1. The van der Waals surface area contributed by atoms with E-state index in [1.54, 1.807) is 6.26 Å². The van der Waals surface area contributed by atoms with Gasteiger partial charge in [-0.25, -0.2) is 9.78 Å². The van der Waals surface area contributed by atoms with Crippen molar-refractivity contribution in [3.8, 4) is 0 Å². The van der Waals surface area contributed by atoms with Gasteiger partial charge in [-0.3, -0.25) is 4.79 Å². The smallest absolute Gasteiger partial charge is 0.326 e. The first kappa shape index (κ1) is 16.4. The molecule has 7 nitrogen and oxygen atoms in total. The first-order valence-corrected chi connectivity index (χ1v) is 8.59. The Kier molecular flexibility index (Phi) is 3.99. The van der Waals surface area contributed by atoms with E-state index in [2.05, 4.69) is 16.9 Å². The summed E-state index contributed by atoms with van der Waals surface area (Å²) < 4.78 is 5.55. The number of imidazole rings is 1. The number of benzene rings is 1. The number of carboxylic acids is 1. The number of fused-ring (bicyclic) bond motifs is 2. The zero-order chi connectivity index (χ0) is 18.3. The minimum absolute atomic E-state index is 0.105. The maximum absolute atomic E-state index is 12.9. The van der Waals surface area contributed by atoms with Crippen LogP contribution in [0.3, 0.4) is 0 Å². The quantitative estimate of drug-likeness (QED) is 0.750. The van der Waals surface area contributed by atoms with Crippen molar-refractivity contribution in [2.24, 2.45) is 0 Å². The van der Waals surface area contributed by atoms with Crippen LogP contribution in [0.5, 0.6) is 0 Å². The van der Waals surface area contributed by atoms with E-state index in [4.69, 9.17) is 4.42 Å². The zero-order valence-electron chi connectivity index (χ0n) is 14.4. The molecule has 1 atom stereocenters. The first-order valence-electron chi connectivity index (χ1n) is 8.59. The fraction of sp³-hybridized carbons (Fsp3) is 0.316. The Morgan fingerprint density at radius 3 is 3.04 bits per heavy atom. The van der Waals surface area contributed by atoms with Crippen LogP contribution >= 0.6 is 0 Å². The van der Waals surface area contributed by atoms with E-state index in [1.165, 1.54) is 11.2 Å². The fourth-order valence-electron chi connectivity index (χ4n) is 3.47. The third-order valence-electron chi connectivity index (χ3n) is 4.97. The highest BCUT2D eigenvalue weighted by atomic mass is 16.4. The molecular formula is C19H19N3O4. The third-order valence-corrected chi connectivity index (χ3v) is 4.97. The van der Waals surface area contributed by atoms with Crippen LogP contribution in [0.2, 0.25) is 0 Å².